The molecule has 4 heterocycles. The molecule has 4 aromatic rings. The van der Waals surface area contributed by atoms with E-state index in [-0.39, 0.29) is 5.75 Å². The maximum Gasteiger partial charge on any atom is 0.167 e. The van der Waals surface area contributed by atoms with Crippen LogP contribution >= 0.6 is 0 Å². The fraction of sp³-hybridized carbons (Fsp3) is 0.423. The van der Waals surface area contributed by atoms with E-state index in [1.165, 1.54) is 13.2 Å². The van der Waals surface area contributed by atoms with Gasteiger partial charge in [0.05, 0.1) is 36.9 Å². The Bertz CT molecular complexity index is 1330. The summed E-state index contributed by atoms with van der Waals surface area (Å²) in [4.78, 5) is 16.2. The van der Waals surface area contributed by atoms with E-state index in [4.69, 9.17) is 9.72 Å². The van der Waals surface area contributed by atoms with Crippen LogP contribution in [0, 0.1) is 5.82 Å². The van der Waals surface area contributed by atoms with Crippen molar-refractivity contribution >= 4 is 22.2 Å². The maximum absolute atomic E-state index is 14.2. The van der Waals surface area contributed by atoms with Crippen molar-refractivity contribution in [1.82, 2.24) is 29.4 Å². The molecule has 0 aliphatic carbocycles. The van der Waals surface area contributed by atoms with Crippen molar-refractivity contribution < 1.29 is 9.13 Å². The van der Waals surface area contributed by atoms with Crippen LogP contribution in [-0.2, 0) is 0 Å². The lowest BCUT2D eigenvalue weighted by Gasteiger charge is -2.38. The summed E-state index contributed by atoms with van der Waals surface area (Å²) >= 11 is 0. The Balaban J connectivity index is 1.37. The van der Waals surface area contributed by atoms with E-state index in [1.807, 2.05) is 29.2 Å². The number of halogens is 1. The first-order valence-electron chi connectivity index (χ1n) is 12.0. The molecule has 3 aromatic heterocycles. The van der Waals surface area contributed by atoms with Crippen molar-refractivity contribution in [2.75, 3.05) is 59.3 Å². The second kappa shape index (κ2) is 9.75. The average molecular weight is 478 g/mol. The number of pyridine rings is 1. The predicted molar refractivity (Wildman–Crippen MR) is 137 cm³/mol. The van der Waals surface area contributed by atoms with Gasteiger partial charge in [-0.1, -0.05) is 0 Å². The molecule has 0 unspecified atom stereocenters. The zero-order valence-corrected chi connectivity index (χ0v) is 20.8. The van der Waals surface area contributed by atoms with Crippen molar-refractivity contribution in [2.45, 2.75) is 18.9 Å². The van der Waals surface area contributed by atoms with Gasteiger partial charge in [0.1, 0.15) is 0 Å². The number of likely N-dealkylation sites (N-methyl/N-ethyl adjacent to an activating group) is 2. The minimum absolute atomic E-state index is 0.189. The fourth-order valence-electron chi connectivity index (χ4n) is 4.86. The van der Waals surface area contributed by atoms with E-state index >= 15 is 0 Å². The highest BCUT2D eigenvalue weighted by Gasteiger charge is 2.23. The van der Waals surface area contributed by atoms with E-state index in [1.54, 1.807) is 12.3 Å². The SMILES string of the molecule is COc1cc2c(-c3cnn4cc(N5CCC(N(C)CCN(C)C)CC5)cnc34)ccnc2cc1F. The molecule has 1 aliphatic rings. The number of methoxy groups -OCH3 is 1. The van der Waals surface area contributed by atoms with Gasteiger partial charge >= 0.3 is 0 Å². The summed E-state index contributed by atoms with van der Waals surface area (Å²) in [6.45, 7) is 4.16. The van der Waals surface area contributed by atoms with Gasteiger partial charge in [0.2, 0.25) is 0 Å². The third kappa shape index (κ3) is 4.66. The highest BCUT2D eigenvalue weighted by molar-refractivity contribution is 5.98. The molecule has 5 rings (SSSR count). The average Bonchev–Trinajstić information content (AvgIpc) is 3.29. The van der Waals surface area contributed by atoms with Gasteiger partial charge in [-0.05, 0) is 51.7 Å². The summed E-state index contributed by atoms with van der Waals surface area (Å²) in [6, 6.07) is 5.60. The maximum atomic E-state index is 14.2. The highest BCUT2D eigenvalue weighted by Crippen LogP contribution is 2.34. The molecule has 184 valence electrons. The number of aromatic nitrogens is 4. The van der Waals surface area contributed by atoms with E-state index in [9.17, 15) is 4.39 Å². The number of fused-ring (bicyclic) bond motifs is 2. The monoisotopic (exact) mass is 477 g/mol. The minimum atomic E-state index is -0.431. The van der Waals surface area contributed by atoms with E-state index in [2.05, 4.69) is 45.9 Å². The standard InChI is InChI=1S/C26H32FN7O/c1-31(2)11-12-32(3)18-6-9-33(10-7-18)19-15-29-26-22(16-30-34(26)17-19)20-5-8-28-24-14-23(27)25(35-4)13-21(20)24/h5,8,13-18H,6-7,9-12H2,1-4H3. The van der Waals surface area contributed by atoms with E-state index < -0.39 is 5.82 Å². The van der Waals surface area contributed by atoms with Gasteiger partial charge in [0.15, 0.2) is 17.2 Å². The smallest absolute Gasteiger partial charge is 0.167 e. The largest absolute Gasteiger partial charge is 0.494 e. The Morgan fingerprint density at radius 2 is 1.86 bits per heavy atom. The Morgan fingerprint density at radius 1 is 1.06 bits per heavy atom. The predicted octanol–water partition coefficient (Wildman–Crippen LogP) is 3.55. The van der Waals surface area contributed by atoms with Gasteiger partial charge in [0.25, 0.3) is 0 Å². The Morgan fingerprint density at radius 3 is 2.60 bits per heavy atom. The molecule has 8 nitrogen and oxygen atoms in total. The molecule has 1 fully saturated rings. The number of piperidine rings is 1. The van der Waals surface area contributed by atoms with Crippen LogP contribution < -0.4 is 9.64 Å². The van der Waals surface area contributed by atoms with Gasteiger partial charge in [-0.15, -0.1) is 0 Å². The first-order valence-corrected chi connectivity index (χ1v) is 12.0. The fourth-order valence-corrected chi connectivity index (χ4v) is 4.86. The minimum Gasteiger partial charge on any atom is -0.494 e. The molecule has 1 aliphatic heterocycles. The zero-order valence-electron chi connectivity index (χ0n) is 20.8. The van der Waals surface area contributed by atoms with Crippen molar-refractivity contribution in [3.05, 3.63) is 48.8 Å². The summed E-state index contributed by atoms with van der Waals surface area (Å²) in [5, 5.41) is 5.39. The molecule has 0 saturated carbocycles. The molecule has 0 bridgehead atoms. The molecular weight excluding hydrogens is 445 g/mol. The normalized spacial score (nSPS) is 15.1. The number of hydrogen-bond acceptors (Lipinski definition) is 7. The number of benzene rings is 1. The van der Waals surface area contributed by atoms with Crippen molar-refractivity contribution in [2.24, 2.45) is 0 Å². The van der Waals surface area contributed by atoms with Gasteiger partial charge in [0, 0.05) is 55.4 Å². The van der Waals surface area contributed by atoms with Crippen LogP contribution in [0.4, 0.5) is 10.1 Å². The van der Waals surface area contributed by atoms with Gasteiger partial charge in [-0.25, -0.2) is 13.9 Å². The number of anilines is 1. The lowest BCUT2D eigenvalue weighted by atomic mass is 10.0. The Hall–Kier alpha value is -3.30. The van der Waals surface area contributed by atoms with Crippen molar-refractivity contribution in [3.63, 3.8) is 0 Å². The molecule has 0 atom stereocenters. The van der Waals surface area contributed by atoms with E-state index in [0.717, 1.165) is 66.9 Å². The van der Waals surface area contributed by atoms with Crippen LogP contribution in [0.2, 0.25) is 0 Å². The molecule has 0 spiro atoms. The second-order valence-corrected chi connectivity index (χ2v) is 9.50. The van der Waals surface area contributed by atoms with Crippen LogP contribution in [0.1, 0.15) is 12.8 Å². The van der Waals surface area contributed by atoms with Gasteiger partial charge in [-0.2, -0.15) is 5.10 Å². The molecular formula is C26H32FN7O. The van der Waals surface area contributed by atoms with Crippen LogP contribution in [0.5, 0.6) is 5.75 Å². The molecule has 0 amide bonds. The summed E-state index contributed by atoms with van der Waals surface area (Å²) in [5.41, 5.74) is 4.16. The molecule has 1 saturated heterocycles. The topological polar surface area (TPSA) is 62.0 Å². The van der Waals surface area contributed by atoms with Crippen molar-refractivity contribution in [1.29, 1.82) is 0 Å². The zero-order chi connectivity index (χ0) is 24.5. The number of rotatable bonds is 7. The summed E-state index contributed by atoms with van der Waals surface area (Å²) in [7, 11) is 7.93. The molecule has 1 aromatic carbocycles. The molecule has 0 radical (unpaired) electrons. The number of ether oxygens (including phenoxy) is 1. The Kier molecular flexibility index (Phi) is 6.53. The summed E-state index contributed by atoms with van der Waals surface area (Å²) in [5.74, 6) is -0.242. The molecule has 9 heteroatoms. The van der Waals surface area contributed by atoms with Gasteiger partial charge in [-0.3, -0.25) is 4.98 Å². The first-order chi connectivity index (χ1) is 16.9. The van der Waals surface area contributed by atoms with Crippen LogP contribution in [-0.4, -0.2) is 89.9 Å². The summed E-state index contributed by atoms with van der Waals surface area (Å²) in [6.07, 6.45) is 9.73. The first kappa shape index (κ1) is 23.4. The van der Waals surface area contributed by atoms with Crippen molar-refractivity contribution in [3.8, 4) is 16.9 Å². The van der Waals surface area contributed by atoms with Crippen LogP contribution in [0.3, 0.4) is 0 Å². The third-order valence-electron chi connectivity index (χ3n) is 7.00. The highest BCUT2D eigenvalue weighted by atomic mass is 19.1. The summed E-state index contributed by atoms with van der Waals surface area (Å²) < 4.78 is 21.2. The second-order valence-electron chi connectivity index (χ2n) is 9.50. The van der Waals surface area contributed by atoms with Gasteiger partial charge < -0.3 is 19.4 Å². The molecule has 0 N–H and O–H groups in total. The number of nitrogens with zero attached hydrogens (tertiary/aromatic N) is 7. The quantitative estimate of drug-likeness (QED) is 0.403. The van der Waals surface area contributed by atoms with Crippen LogP contribution in [0.15, 0.2) is 43.0 Å². The lowest BCUT2D eigenvalue weighted by Crippen LogP contribution is -2.45. The number of hydrogen-bond donors (Lipinski definition) is 0. The third-order valence-corrected chi connectivity index (χ3v) is 7.00. The molecule has 35 heavy (non-hydrogen) atoms. The lowest BCUT2D eigenvalue weighted by molar-refractivity contribution is 0.190. The van der Waals surface area contributed by atoms with E-state index in [0.29, 0.717) is 11.6 Å². The van der Waals surface area contributed by atoms with Crippen LogP contribution in [0.25, 0.3) is 27.7 Å². The Labute approximate surface area is 204 Å².